The van der Waals surface area contributed by atoms with Crippen LogP contribution in [0.4, 0.5) is 0 Å². The summed E-state index contributed by atoms with van der Waals surface area (Å²) in [5.74, 6) is 1.47. The van der Waals surface area contributed by atoms with Gasteiger partial charge >= 0.3 is 0 Å². The van der Waals surface area contributed by atoms with E-state index in [-0.39, 0.29) is 5.54 Å². The number of hydrogen-bond donors (Lipinski definition) is 1. The standard InChI is InChI=1S/C18H24N2O/c1-13-7-6-8-16(9-13)21-17-11-15(10-14(2)20-17)12-19-18(3,4)5/h6-11,19H,12H2,1-5H3. The maximum absolute atomic E-state index is 5.87. The molecule has 0 atom stereocenters. The van der Waals surface area contributed by atoms with Crippen LogP contribution in [0.15, 0.2) is 36.4 Å². The van der Waals surface area contributed by atoms with Gasteiger partial charge in [-0.1, -0.05) is 12.1 Å². The summed E-state index contributed by atoms with van der Waals surface area (Å²) in [4.78, 5) is 4.45. The summed E-state index contributed by atoms with van der Waals surface area (Å²) in [5, 5.41) is 3.48. The van der Waals surface area contributed by atoms with Crippen molar-refractivity contribution in [3.63, 3.8) is 0 Å². The lowest BCUT2D eigenvalue weighted by Crippen LogP contribution is -2.35. The lowest BCUT2D eigenvalue weighted by Gasteiger charge is -2.20. The van der Waals surface area contributed by atoms with Crippen molar-refractivity contribution in [3.8, 4) is 11.6 Å². The fraction of sp³-hybridized carbons (Fsp3) is 0.389. The van der Waals surface area contributed by atoms with Crippen LogP contribution in [0.5, 0.6) is 11.6 Å². The molecule has 2 rings (SSSR count). The van der Waals surface area contributed by atoms with E-state index in [1.807, 2.05) is 31.2 Å². The molecule has 0 aliphatic carbocycles. The van der Waals surface area contributed by atoms with Gasteiger partial charge in [0.1, 0.15) is 5.75 Å². The highest BCUT2D eigenvalue weighted by atomic mass is 16.5. The molecule has 112 valence electrons. The van der Waals surface area contributed by atoms with Gasteiger partial charge in [0, 0.05) is 23.8 Å². The molecule has 1 aromatic carbocycles. The first kappa shape index (κ1) is 15.5. The van der Waals surface area contributed by atoms with Crippen LogP contribution in [0.25, 0.3) is 0 Å². The molecule has 3 heteroatoms. The van der Waals surface area contributed by atoms with Gasteiger partial charge in [-0.3, -0.25) is 0 Å². The molecule has 0 bridgehead atoms. The Hall–Kier alpha value is -1.87. The predicted octanol–water partition coefficient (Wildman–Crippen LogP) is 4.38. The van der Waals surface area contributed by atoms with Gasteiger partial charge in [0.15, 0.2) is 0 Å². The number of hydrogen-bond acceptors (Lipinski definition) is 3. The van der Waals surface area contributed by atoms with E-state index in [1.165, 1.54) is 11.1 Å². The summed E-state index contributed by atoms with van der Waals surface area (Å²) in [7, 11) is 0. The van der Waals surface area contributed by atoms with E-state index in [0.717, 1.165) is 18.0 Å². The Labute approximate surface area is 127 Å². The van der Waals surface area contributed by atoms with Crippen LogP contribution in [0.1, 0.15) is 37.6 Å². The fourth-order valence-corrected chi connectivity index (χ4v) is 2.03. The molecule has 0 saturated carbocycles. The van der Waals surface area contributed by atoms with Crippen molar-refractivity contribution in [2.45, 2.75) is 46.7 Å². The average Bonchev–Trinajstić information content (AvgIpc) is 2.35. The van der Waals surface area contributed by atoms with Gasteiger partial charge in [-0.05, 0) is 63.9 Å². The molecule has 3 nitrogen and oxygen atoms in total. The largest absolute Gasteiger partial charge is 0.439 e. The number of aryl methyl sites for hydroxylation is 2. The van der Waals surface area contributed by atoms with E-state index in [2.05, 4.69) is 50.1 Å². The van der Waals surface area contributed by atoms with E-state index in [0.29, 0.717) is 5.88 Å². The zero-order valence-corrected chi connectivity index (χ0v) is 13.5. The lowest BCUT2D eigenvalue weighted by atomic mass is 10.1. The summed E-state index contributed by atoms with van der Waals surface area (Å²) in [5.41, 5.74) is 3.41. The van der Waals surface area contributed by atoms with Crippen LogP contribution in [0.3, 0.4) is 0 Å². The summed E-state index contributed by atoms with van der Waals surface area (Å²) in [6.45, 7) is 11.3. The Morgan fingerprint density at radius 1 is 1.10 bits per heavy atom. The van der Waals surface area contributed by atoms with Crippen molar-refractivity contribution >= 4 is 0 Å². The third-order valence-electron chi connectivity index (χ3n) is 3.02. The van der Waals surface area contributed by atoms with E-state index < -0.39 is 0 Å². The van der Waals surface area contributed by atoms with Crippen LogP contribution in [0, 0.1) is 13.8 Å². The molecule has 0 saturated heterocycles. The minimum Gasteiger partial charge on any atom is -0.439 e. The Kier molecular flexibility index (Phi) is 4.63. The second-order valence-corrected chi connectivity index (χ2v) is 6.48. The maximum atomic E-state index is 5.87. The van der Waals surface area contributed by atoms with Gasteiger partial charge < -0.3 is 10.1 Å². The van der Waals surface area contributed by atoms with Gasteiger partial charge in [0.2, 0.25) is 5.88 Å². The predicted molar refractivity (Wildman–Crippen MR) is 86.8 cm³/mol. The molecule has 0 amide bonds. The molecular formula is C18H24N2O. The highest BCUT2D eigenvalue weighted by Crippen LogP contribution is 2.22. The SMILES string of the molecule is Cc1cccc(Oc2cc(CNC(C)(C)C)cc(C)n2)c1. The Morgan fingerprint density at radius 2 is 1.86 bits per heavy atom. The first-order chi connectivity index (χ1) is 9.82. The molecule has 21 heavy (non-hydrogen) atoms. The number of nitrogens with one attached hydrogen (secondary N) is 1. The van der Waals surface area contributed by atoms with Gasteiger partial charge in [0.25, 0.3) is 0 Å². The first-order valence-corrected chi connectivity index (χ1v) is 7.29. The normalized spacial score (nSPS) is 11.5. The van der Waals surface area contributed by atoms with Crippen molar-refractivity contribution in [1.29, 1.82) is 0 Å². The molecule has 0 radical (unpaired) electrons. The van der Waals surface area contributed by atoms with Gasteiger partial charge in [-0.15, -0.1) is 0 Å². The molecule has 1 heterocycles. The average molecular weight is 284 g/mol. The Bertz CT molecular complexity index is 615. The number of rotatable bonds is 4. The van der Waals surface area contributed by atoms with Crippen molar-refractivity contribution in [2.24, 2.45) is 0 Å². The molecular weight excluding hydrogens is 260 g/mol. The van der Waals surface area contributed by atoms with E-state index in [1.54, 1.807) is 0 Å². The monoisotopic (exact) mass is 284 g/mol. The third kappa shape index (κ3) is 5.20. The molecule has 0 unspecified atom stereocenters. The highest BCUT2D eigenvalue weighted by molar-refractivity contribution is 5.33. The van der Waals surface area contributed by atoms with Crippen molar-refractivity contribution in [2.75, 3.05) is 0 Å². The zero-order valence-electron chi connectivity index (χ0n) is 13.5. The number of pyridine rings is 1. The molecule has 0 fully saturated rings. The van der Waals surface area contributed by atoms with Crippen molar-refractivity contribution in [3.05, 3.63) is 53.2 Å². The number of ether oxygens (including phenoxy) is 1. The smallest absolute Gasteiger partial charge is 0.219 e. The zero-order chi connectivity index (χ0) is 15.5. The maximum Gasteiger partial charge on any atom is 0.219 e. The van der Waals surface area contributed by atoms with Crippen LogP contribution in [-0.4, -0.2) is 10.5 Å². The molecule has 0 aliphatic rings. The van der Waals surface area contributed by atoms with Crippen LogP contribution < -0.4 is 10.1 Å². The summed E-state index contributed by atoms with van der Waals surface area (Å²) in [6, 6.07) is 12.1. The Balaban J connectivity index is 2.15. The first-order valence-electron chi connectivity index (χ1n) is 7.29. The second kappa shape index (κ2) is 6.27. The molecule has 1 N–H and O–H groups in total. The fourth-order valence-electron chi connectivity index (χ4n) is 2.03. The van der Waals surface area contributed by atoms with Crippen LogP contribution in [0.2, 0.25) is 0 Å². The molecule has 0 aliphatic heterocycles. The number of benzene rings is 1. The highest BCUT2D eigenvalue weighted by Gasteiger charge is 2.10. The van der Waals surface area contributed by atoms with E-state index >= 15 is 0 Å². The minimum absolute atomic E-state index is 0.0920. The van der Waals surface area contributed by atoms with E-state index in [4.69, 9.17) is 4.74 Å². The van der Waals surface area contributed by atoms with Crippen molar-refractivity contribution in [1.82, 2.24) is 10.3 Å². The van der Waals surface area contributed by atoms with Crippen molar-refractivity contribution < 1.29 is 4.74 Å². The quantitative estimate of drug-likeness (QED) is 0.904. The molecule has 1 aromatic heterocycles. The molecule has 0 spiro atoms. The molecule has 2 aromatic rings. The summed E-state index contributed by atoms with van der Waals surface area (Å²) in [6.07, 6.45) is 0. The van der Waals surface area contributed by atoms with Crippen LogP contribution in [-0.2, 0) is 6.54 Å². The van der Waals surface area contributed by atoms with Crippen LogP contribution >= 0.6 is 0 Å². The third-order valence-corrected chi connectivity index (χ3v) is 3.02. The Morgan fingerprint density at radius 3 is 2.52 bits per heavy atom. The second-order valence-electron chi connectivity index (χ2n) is 6.48. The number of nitrogens with zero attached hydrogens (tertiary/aromatic N) is 1. The van der Waals surface area contributed by atoms with E-state index in [9.17, 15) is 0 Å². The minimum atomic E-state index is 0.0920. The van der Waals surface area contributed by atoms with Gasteiger partial charge in [0.05, 0.1) is 0 Å². The lowest BCUT2D eigenvalue weighted by molar-refractivity contribution is 0.421. The number of aromatic nitrogens is 1. The van der Waals surface area contributed by atoms with Gasteiger partial charge in [-0.2, -0.15) is 0 Å². The summed E-state index contributed by atoms with van der Waals surface area (Å²) >= 11 is 0. The topological polar surface area (TPSA) is 34.1 Å². The van der Waals surface area contributed by atoms with Gasteiger partial charge in [-0.25, -0.2) is 4.98 Å². The summed E-state index contributed by atoms with van der Waals surface area (Å²) < 4.78 is 5.87.